The molecule has 1 aromatic carbocycles. The largest absolute Gasteiger partial charge is 0.482 e. The molecule has 0 aliphatic heterocycles. The van der Waals surface area contributed by atoms with E-state index in [-0.39, 0.29) is 12.6 Å². The molecule has 5 nitrogen and oxygen atoms in total. The first-order valence-corrected chi connectivity index (χ1v) is 5.01. The molecule has 0 aromatic heterocycles. The summed E-state index contributed by atoms with van der Waals surface area (Å²) in [6.07, 6.45) is 0.704. The van der Waals surface area contributed by atoms with E-state index in [0.717, 1.165) is 5.56 Å². The minimum Gasteiger partial charge on any atom is -0.482 e. The molecule has 16 heavy (non-hydrogen) atoms. The van der Waals surface area contributed by atoms with E-state index in [1.165, 1.54) is 0 Å². The first-order chi connectivity index (χ1) is 7.61. The minimum absolute atomic E-state index is 0.0502. The highest BCUT2D eigenvalue weighted by molar-refractivity contribution is 5.68. The molecule has 0 amide bonds. The van der Waals surface area contributed by atoms with E-state index in [1.807, 2.05) is 12.1 Å². The zero-order valence-corrected chi connectivity index (χ0v) is 8.93. The van der Waals surface area contributed by atoms with Crippen molar-refractivity contribution in [3.63, 3.8) is 0 Å². The third kappa shape index (κ3) is 4.29. The summed E-state index contributed by atoms with van der Waals surface area (Å²) in [5, 5.41) is 8.42. The lowest BCUT2D eigenvalue weighted by Gasteiger charge is -2.09. The summed E-state index contributed by atoms with van der Waals surface area (Å²) in [6.45, 7) is 0.110. The fourth-order valence-corrected chi connectivity index (χ4v) is 1.25. The summed E-state index contributed by atoms with van der Waals surface area (Å²) in [5.41, 5.74) is 12.2. The standard InChI is InChI=1S/C11H16N2O3/c12-6-9(13)5-8-1-3-10(4-2-8)16-7-11(14)15/h1-4,9H,5-7,12-13H2,(H,14,15)/t9-/m0/s1. The lowest BCUT2D eigenvalue weighted by atomic mass is 10.1. The van der Waals surface area contributed by atoms with Crippen LogP contribution in [0.4, 0.5) is 0 Å². The lowest BCUT2D eigenvalue weighted by Crippen LogP contribution is -2.31. The quantitative estimate of drug-likeness (QED) is 0.630. The Bertz CT molecular complexity index is 338. The van der Waals surface area contributed by atoms with Crippen molar-refractivity contribution in [1.82, 2.24) is 0 Å². The van der Waals surface area contributed by atoms with Gasteiger partial charge in [0.25, 0.3) is 0 Å². The van der Waals surface area contributed by atoms with E-state index in [9.17, 15) is 4.79 Å². The van der Waals surface area contributed by atoms with Crippen LogP contribution < -0.4 is 16.2 Å². The number of rotatable bonds is 6. The molecule has 5 N–H and O–H groups in total. The van der Waals surface area contributed by atoms with Crippen molar-refractivity contribution in [3.05, 3.63) is 29.8 Å². The molecule has 1 atom stereocenters. The third-order valence-electron chi connectivity index (χ3n) is 2.09. The number of aliphatic carboxylic acids is 1. The molecule has 0 unspecified atom stereocenters. The molecular weight excluding hydrogens is 208 g/mol. The van der Waals surface area contributed by atoms with Crippen LogP contribution >= 0.6 is 0 Å². The fourth-order valence-electron chi connectivity index (χ4n) is 1.25. The highest BCUT2D eigenvalue weighted by atomic mass is 16.5. The zero-order valence-electron chi connectivity index (χ0n) is 8.93. The Kier molecular flexibility index (Phi) is 4.75. The maximum atomic E-state index is 10.3. The highest BCUT2D eigenvalue weighted by Gasteiger charge is 2.03. The molecule has 88 valence electrons. The minimum atomic E-state index is -0.991. The number of carboxylic acids is 1. The van der Waals surface area contributed by atoms with E-state index < -0.39 is 5.97 Å². The summed E-state index contributed by atoms with van der Waals surface area (Å²) >= 11 is 0. The molecule has 0 bridgehead atoms. The summed E-state index contributed by atoms with van der Waals surface area (Å²) in [4.78, 5) is 10.3. The lowest BCUT2D eigenvalue weighted by molar-refractivity contribution is -0.139. The van der Waals surface area contributed by atoms with Gasteiger partial charge in [-0.3, -0.25) is 0 Å². The van der Waals surface area contributed by atoms with Gasteiger partial charge in [0.05, 0.1) is 0 Å². The van der Waals surface area contributed by atoms with Gasteiger partial charge in [0, 0.05) is 12.6 Å². The van der Waals surface area contributed by atoms with Crippen LogP contribution in [0.1, 0.15) is 5.56 Å². The van der Waals surface area contributed by atoms with Crippen molar-refractivity contribution < 1.29 is 14.6 Å². The molecule has 0 spiro atoms. The van der Waals surface area contributed by atoms with Crippen LogP contribution in [0, 0.1) is 0 Å². The molecule has 0 saturated carbocycles. The summed E-state index contributed by atoms with van der Waals surface area (Å²) < 4.78 is 5.00. The molecule has 0 heterocycles. The topological polar surface area (TPSA) is 98.6 Å². The van der Waals surface area contributed by atoms with Gasteiger partial charge in [0.1, 0.15) is 5.75 Å². The van der Waals surface area contributed by atoms with Crippen LogP contribution in [0.25, 0.3) is 0 Å². The van der Waals surface area contributed by atoms with E-state index in [1.54, 1.807) is 12.1 Å². The van der Waals surface area contributed by atoms with Gasteiger partial charge in [0.15, 0.2) is 6.61 Å². The number of carbonyl (C=O) groups is 1. The van der Waals surface area contributed by atoms with Gasteiger partial charge in [-0.25, -0.2) is 4.79 Å². The van der Waals surface area contributed by atoms with Crippen molar-refractivity contribution in [2.45, 2.75) is 12.5 Å². The second kappa shape index (κ2) is 6.09. The number of hydrogen-bond donors (Lipinski definition) is 3. The average Bonchev–Trinajstić information content (AvgIpc) is 2.28. The Morgan fingerprint density at radius 3 is 2.50 bits per heavy atom. The maximum absolute atomic E-state index is 10.3. The Balaban J connectivity index is 2.50. The van der Waals surface area contributed by atoms with Crippen LogP contribution in [0.5, 0.6) is 5.75 Å². The highest BCUT2D eigenvalue weighted by Crippen LogP contribution is 2.12. The first kappa shape index (κ1) is 12.5. The molecule has 1 aromatic rings. The van der Waals surface area contributed by atoms with Crippen molar-refractivity contribution in [2.75, 3.05) is 13.2 Å². The third-order valence-corrected chi connectivity index (χ3v) is 2.09. The van der Waals surface area contributed by atoms with Gasteiger partial charge in [-0.2, -0.15) is 0 Å². The van der Waals surface area contributed by atoms with Crippen LogP contribution in [0.2, 0.25) is 0 Å². The summed E-state index contributed by atoms with van der Waals surface area (Å²) in [6, 6.07) is 7.10. The SMILES string of the molecule is NC[C@@H](N)Cc1ccc(OCC(=O)O)cc1. The van der Waals surface area contributed by atoms with E-state index in [4.69, 9.17) is 21.3 Å². The van der Waals surface area contributed by atoms with E-state index in [2.05, 4.69) is 0 Å². The Morgan fingerprint density at radius 2 is 2.00 bits per heavy atom. The van der Waals surface area contributed by atoms with Crippen LogP contribution in [-0.2, 0) is 11.2 Å². The monoisotopic (exact) mass is 224 g/mol. The van der Waals surface area contributed by atoms with Crippen molar-refractivity contribution in [2.24, 2.45) is 11.5 Å². The molecule has 0 aliphatic carbocycles. The molecule has 0 radical (unpaired) electrons. The number of nitrogens with two attached hydrogens (primary N) is 2. The van der Waals surface area contributed by atoms with Gasteiger partial charge in [-0.1, -0.05) is 12.1 Å². The average molecular weight is 224 g/mol. The Morgan fingerprint density at radius 1 is 1.38 bits per heavy atom. The molecule has 5 heteroatoms. The first-order valence-electron chi connectivity index (χ1n) is 5.01. The van der Waals surface area contributed by atoms with Crippen molar-refractivity contribution in [3.8, 4) is 5.75 Å². The van der Waals surface area contributed by atoms with Crippen molar-refractivity contribution in [1.29, 1.82) is 0 Å². The van der Waals surface area contributed by atoms with E-state index >= 15 is 0 Å². The summed E-state index contributed by atoms with van der Waals surface area (Å²) in [7, 11) is 0. The molecule has 0 aliphatic rings. The van der Waals surface area contributed by atoms with Crippen LogP contribution in [0.15, 0.2) is 24.3 Å². The van der Waals surface area contributed by atoms with E-state index in [0.29, 0.717) is 18.7 Å². The molecule has 1 rings (SSSR count). The fraction of sp³-hybridized carbons (Fsp3) is 0.364. The van der Waals surface area contributed by atoms with Gasteiger partial charge in [0.2, 0.25) is 0 Å². The molecule has 0 saturated heterocycles. The second-order valence-corrected chi connectivity index (χ2v) is 3.53. The number of hydrogen-bond acceptors (Lipinski definition) is 4. The smallest absolute Gasteiger partial charge is 0.341 e. The molecule has 0 fully saturated rings. The Hall–Kier alpha value is -1.59. The van der Waals surface area contributed by atoms with Gasteiger partial charge in [-0.15, -0.1) is 0 Å². The van der Waals surface area contributed by atoms with Crippen molar-refractivity contribution >= 4 is 5.97 Å². The number of benzene rings is 1. The molecular formula is C11H16N2O3. The zero-order chi connectivity index (χ0) is 12.0. The van der Waals surface area contributed by atoms with Gasteiger partial charge < -0.3 is 21.3 Å². The summed E-state index contributed by atoms with van der Waals surface area (Å²) in [5.74, 6) is -0.457. The number of ether oxygens (including phenoxy) is 1. The number of carboxylic acid groups (broad SMARTS) is 1. The second-order valence-electron chi connectivity index (χ2n) is 3.53. The van der Waals surface area contributed by atoms with Gasteiger partial charge >= 0.3 is 5.97 Å². The predicted molar refractivity (Wildman–Crippen MR) is 60.3 cm³/mol. The van der Waals surface area contributed by atoms with Crippen LogP contribution in [0.3, 0.4) is 0 Å². The Labute approximate surface area is 94.0 Å². The predicted octanol–water partition coefficient (Wildman–Crippen LogP) is -0.0215. The normalized spacial score (nSPS) is 12.1. The maximum Gasteiger partial charge on any atom is 0.341 e. The van der Waals surface area contributed by atoms with Gasteiger partial charge in [-0.05, 0) is 24.1 Å². The van der Waals surface area contributed by atoms with Crippen LogP contribution in [-0.4, -0.2) is 30.3 Å².